The highest BCUT2D eigenvalue weighted by molar-refractivity contribution is 8.14. The van der Waals surface area contributed by atoms with Crippen LogP contribution in [0.2, 0.25) is 5.02 Å². The van der Waals surface area contributed by atoms with E-state index in [0.717, 1.165) is 23.9 Å². The molecule has 2 aliphatic rings. The van der Waals surface area contributed by atoms with Crippen LogP contribution in [-0.4, -0.2) is 48.8 Å². The average molecular weight is 472 g/mol. The largest absolute Gasteiger partial charge is 0.325 e. The van der Waals surface area contributed by atoms with Gasteiger partial charge in [-0.15, -0.1) is 0 Å². The van der Waals surface area contributed by atoms with E-state index in [2.05, 4.69) is 10.3 Å². The van der Waals surface area contributed by atoms with Gasteiger partial charge in [0.2, 0.25) is 5.91 Å². The van der Waals surface area contributed by atoms with Gasteiger partial charge in [-0.05, 0) is 30.3 Å². The van der Waals surface area contributed by atoms with Gasteiger partial charge in [-0.25, -0.2) is 17.2 Å². The van der Waals surface area contributed by atoms with Crippen molar-refractivity contribution in [3.05, 3.63) is 59.1 Å². The van der Waals surface area contributed by atoms with E-state index < -0.39 is 33.6 Å². The van der Waals surface area contributed by atoms with E-state index in [-0.39, 0.29) is 28.9 Å². The summed E-state index contributed by atoms with van der Waals surface area (Å²) in [4.78, 5) is 18.2. The van der Waals surface area contributed by atoms with Gasteiger partial charge in [0, 0.05) is 16.8 Å². The Morgan fingerprint density at radius 3 is 2.77 bits per heavy atom. The van der Waals surface area contributed by atoms with Crippen LogP contribution in [0.3, 0.4) is 0 Å². The molecule has 4 rings (SSSR count). The van der Waals surface area contributed by atoms with Crippen LogP contribution >= 0.6 is 23.4 Å². The van der Waals surface area contributed by atoms with Crippen molar-refractivity contribution in [2.75, 3.05) is 27.5 Å². The molecule has 0 aliphatic carbocycles. The fourth-order valence-electron chi connectivity index (χ4n) is 3.48. The third-order valence-corrected chi connectivity index (χ3v) is 7.62. The molecule has 6 nitrogen and oxygen atoms in total. The number of nitrogens with zero attached hydrogens (tertiary/aromatic N) is 2. The highest BCUT2D eigenvalue weighted by Crippen LogP contribution is 2.36. The molecule has 0 radical (unpaired) electrons. The molecular formula is C19H16ClF2N3O3S2. The quantitative estimate of drug-likeness (QED) is 0.740. The molecule has 2 atom stereocenters. The highest BCUT2D eigenvalue weighted by atomic mass is 35.5. The SMILES string of the molecule is O=C(CSC1=N[C@@H]2CS(=O)(=O)C[C@@H]2N1c1ccc(F)cc1F)Nc1cccc(Cl)c1. The van der Waals surface area contributed by atoms with E-state index in [4.69, 9.17) is 11.6 Å². The van der Waals surface area contributed by atoms with E-state index >= 15 is 0 Å². The molecular weight excluding hydrogens is 456 g/mol. The zero-order valence-corrected chi connectivity index (χ0v) is 17.8. The van der Waals surface area contributed by atoms with E-state index in [1.807, 2.05) is 0 Å². The normalized spacial score (nSPS) is 22.0. The predicted octanol–water partition coefficient (Wildman–Crippen LogP) is 3.33. The van der Waals surface area contributed by atoms with Crippen molar-refractivity contribution in [2.45, 2.75) is 12.1 Å². The standard InChI is InChI=1S/C19H16ClF2N3O3S2/c20-11-2-1-3-13(6-11)23-18(26)8-29-19-24-15-9-30(27,28)10-17(15)25(19)16-5-4-12(21)7-14(16)22/h1-7,15,17H,8-10H2,(H,23,26)/t15-,17+/m1/s1. The third-order valence-electron chi connectivity index (χ3n) is 4.72. The summed E-state index contributed by atoms with van der Waals surface area (Å²) in [7, 11) is -3.31. The first-order chi connectivity index (χ1) is 14.2. The molecule has 158 valence electrons. The molecule has 1 saturated heterocycles. The maximum absolute atomic E-state index is 14.5. The number of aliphatic imine (C=N–C) groups is 1. The van der Waals surface area contributed by atoms with Crippen LogP contribution in [0.1, 0.15) is 0 Å². The summed E-state index contributed by atoms with van der Waals surface area (Å²) >= 11 is 6.97. The lowest BCUT2D eigenvalue weighted by Crippen LogP contribution is -2.40. The Morgan fingerprint density at radius 1 is 1.23 bits per heavy atom. The van der Waals surface area contributed by atoms with Gasteiger partial charge < -0.3 is 10.2 Å². The Hall–Kier alpha value is -2.17. The van der Waals surface area contributed by atoms with Gasteiger partial charge in [-0.3, -0.25) is 9.79 Å². The molecule has 30 heavy (non-hydrogen) atoms. The first-order valence-electron chi connectivity index (χ1n) is 8.92. The summed E-state index contributed by atoms with van der Waals surface area (Å²) in [6, 6.07) is 8.62. The number of carbonyl (C=O) groups is 1. The molecule has 0 aromatic heterocycles. The lowest BCUT2D eigenvalue weighted by Gasteiger charge is -2.26. The van der Waals surface area contributed by atoms with Crippen LogP contribution in [0, 0.1) is 11.6 Å². The number of anilines is 2. The van der Waals surface area contributed by atoms with Crippen molar-refractivity contribution in [1.82, 2.24) is 0 Å². The topological polar surface area (TPSA) is 78.8 Å². The fourth-order valence-corrected chi connectivity index (χ4v) is 6.43. The van der Waals surface area contributed by atoms with Crippen LogP contribution in [0.4, 0.5) is 20.2 Å². The maximum atomic E-state index is 14.5. The lowest BCUT2D eigenvalue weighted by atomic mass is 10.1. The van der Waals surface area contributed by atoms with Gasteiger partial charge in [0.1, 0.15) is 11.6 Å². The zero-order chi connectivity index (χ0) is 21.5. The molecule has 1 N–H and O–H groups in total. The van der Waals surface area contributed by atoms with Crippen molar-refractivity contribution >= 4 is 55.6 Å². The smallest absolute Gasteiger partial charge is 0.234 e. The minimum Gasteiger partial charge on any atom is -0.325 e. The molecule has 2 aliphatic heterocycles. The summed E-state index contributed by atoms with van der Waals surface area (Å²) < 4.78 is 51.9. The number of hydrogen-bond donors (Lipinski definition) is 1. The number of amidine groups is 1. The van der Waals surface area contributed by atoms with Crippen LogP contribution in [0.5, 0.6) is 0 Å². The van der Waals surface area contributed by atoms with Crippen LogP contribution in [-0.2, 0) is 14.6 Å². The van der Waals surface area contributed by atoms with E-state index in [1.54, 1.807) is 24.3 Å². The predicted molar refractivity (Wildman–Crippen MR) is 115 cm³/mol. The number of hydrogen-bond acceptors (Lipinski definition) is 6. The van der Waals surface area contributed by atoms with Crippen LogP contribution in [0.15, 0.2) is 47.5 Å². The van der Waals surface area contributed by atoms with Gasteiger partial charge >= 0.3 is 0 Å². The van der Waals surface area contributed by atoms with Crippen molar-refractivity contribution in [3.63, 3.8) is 0 Å². The summed E-state index contributed by atoms with van der Waals surface area (Å²) in [5.74, 6) is -2.24. The lowest BCUT2D eigenvalue weighted by molar-refractivity contribution is -0.113. The van der Waals surface area contributed by atoms with E-state index in [1.165, 1.54) is 11.0 Å². The van der Waals surface area contributed by atoms with Gasteiger partial charge in [0.15, 0.2) is 15.0 Å². The molecule has 2 heterocycles. The molecule has 11 heteroatoms. The Kier molecular flexibility index (Phi) is 5.73. The Bertz CT molecular complexity index is 1140. The van der Waals surface area contributed by atoms with Crippen molar-refractivity contribution in [3.8, 4) is 0 Å². The van der Waals surface area contributed by atoms with Crippen molar-refractivity contribution < 1.29 is 22.0 Å². The molecule has 2 aromatic carbocycles. The van der Waals surface area contributed by atoms with Gasteiger partial charge in [0.05, 0.1) is 35.0 Å². The first kappa shape index (κ1) is 21.1. The minimum absolute atomic E-state index is 0.0301. The number of carbonyl (C=O) groups excluding carboxylic acids is 1. The average Bonchev–Trinajstić information content (AvgIpc) is 3.11. The number of nitrogens with one attached hydrogen (secondary N) is 1. The van der Waals surface area contributed by atoms with Gasteiger partial charge in [0.25, 0.3) is 0 Å². The molecule has 0 unspecified atom stereocenters. The molecule has 0 spiro atoms. The van der Waals surface area contributed by atoms with Gasteiger partial charge in [-0.2, -0.15) is 0 Å². The summed E-state index contributed by atoms with van der Waals surface area (Å²) in [6.07, 6.45) is 0. The number of thioether (sulfide) groups is 1. The van der Waals surface area contributed by atoms with Crippen LogP contribution < -0.4 is 10.2 Å². The van der Waals surface area contributed by atoms with Crippen LogP contribution in [0.25, 0.3) is 0 Å². The summed E-state index contributed by atoms with van der Waals surface area (Å²) in [5, 5.41) is 3.51. The third kappa shape index (κ3) is 4.45. The molecule has 1 fully saturated rings. The van der Waals surface area contributed by atoms with Crippen molar-refractivity contribution in [2.24, 2.45) is 4.99 Å². The Morgan fingerprint density at radius 2 is 2.03 bits per heavy atom. The molecule has 2 aromatic rings. The van der Waals surface area contributed by atoms with Gasteiger partial charge in [-0.1, -0.05) is 29.4 Å². The Balaban J connectivity index is 1.53. The number of rotatable bonds is 4. The number of amides is 1. The number of sulfone groups is 1. The highest BCUT2D eigenvalue weighted by Gasteiger charge is 2.47. The van der Waals surface area contributed by atoms with E-state index in [0.29, 0.717) is 15.9 Å². The number of fused-ring (bicyclic) bond motifs is 1. The summed E-state index contributed by atoms with van der Waals surface area (Å²) in [5.41, 5.74) is 0.563. The second-order valence-electron chi connectivity index (χ2n) is 6.94. The number of benzene rings is 2. The second kappa shape index (κ2) is 8.16. The van der Waals surface area contributed by atoms with Crippen molar-refractivity contribution in [1.29, 1.82) is 0 Å². The minimum atomic E-state index is -3.31. The fraction of sp³-hybridized carbons (Fsp3) is 0.263. The molecule has 0 bridgehead atoms. The first-order valence-corrected chi connectivity index (χ1v) is 12.1. The molecule has 1 amide bonds. The maximum Gasteiger partial charge on any atom is 0.234 e. The summed E-state index contributed by atoms with van der Waals surface area (Å²) in [6.45, 7) is 0. The monoisotopic (exact) mass is 471 g/mol. The molecule has 0 saturated carbocycles. The number of halogens is 3. The zero-order valence-electron chi connectivity index (χ0n) is 15.4. The van der Waals surface area contributed by atoms with E-state index in [9.17, 15) is 22.0 Å². The second-order valence-corrected chi connectivity index (χ2v) is 10.5. The Labute approximate surface area is 181 Å².